The minimum atomic E-state index is -4.00. The molecule has 0 aliphatic heterocycles. The van der Waals surface area contributed by atoms with E-state index in [0.717, 1.165) is 17.8 Å². The molecule has 0 radical (unpaired) electrons. The first-order chi connectivity index (χ1) is 15.9. The number of carbonyl (C=O) groups is 1. The summed E-state index contributed by atoms with van der Waals surface area (Å²) in [6, 6.07) is 11.5. The van der Waals surface area contributed by atoms with Crippen LogP contribution in [0.3, 0.4) is 0 Å². The van der Waals surface area contributed by atoms with Gasteiger partial charge in [-0.2, -0.15) is 9.36 Å². The summed E-state index contributed by atoms with van der Waals surface area (Å²) < 4.78 is 57.4. The average molecular weight is 526 g/mol. The number of hydrogen-bond acceptors (Lipinski definition) is 9. The molecule has 0 bridgehead atoms. The van der Waals surface area contributed by atoms with Gasteiger partial charge in [0.25, 0.3) is 10.0 Å². The molecule has 0 saturated carbocycles. The van der Waals surface area contributed by atoms with Crippen LogP contribution >= 0.6 is 11.5 Å². The number of carbonyl (C=O) groups excluding carboxylic acids is 1. The van der Waals surface area contributed by atoms with Crippen LogP contribution in [0.25, 0.3) is 11.4 Å². The van der Waals surface area contributed by atoms with Crippen LogP contribution < -0.4 is 25.6 Å². The van der Waals surface area contributed by atoms with Gasteiger partial charge in [0.05, 0.1) is 11.2 Å². The van der Waals surface area contributed by atoms with E-state index in [2.05, 4.69) is 35.0 Å². The molecule has 0 unspecified atom stereocenters. The zero-order chi connectivity index (χ0) is 24.9. The van der Waals surface area contributed by atoms with Gasteiger partial charge in [0.2, 0.25) is 15.2 Å². The quantitative estimate of drug-likeness (QED) is 0.265. The molecule has 0 saturated heterocycles. The molecule has 5 N–H and O–H groups in total. The van der Waals surface area contributed by atoms with Gasteiger partial charge in [-0.3, -0.25) is 14.9 Å². The fraction of sp³-hybridized carbons (Fsp3) is 0.211. The number of benzene rings is 2. The Morgan fingerprint density at radius 2 is 1.65 bits per heavy atom. The molecule has 0 aliphatic rings. The van der Waals surface area contributed by atoms with Crippen LogP contribution in [0.5, 0.6) is 0 Å². The first kappa shape index (κ1) is 25.2. The Labute approximate surface area is 201 Å². The van der Waals surface area contributed by atoms with Crippen LogP contribution in [-0.4, -0.2) is 44.5 Å². The second-order valence-electron chi connectivity index (χ2n) is 7.39. The molecule has 3 rings (SSSR count). The van der Waals surface area contributed by atoms with Crippen molar-refractivity contribution in [3.8, 4) is 11.4 Å². The second-order valence-corrected chi connectivity index (χ2v) is 11.6. The summed E-state index contributed by atoms with van der Waals surface area (Å²) >= 11 is 1.02. The fourth-order valence-electron chi connectivity index (χ4n) is 2.68. The SMILES string of the molecule is CC(C)NC(=O)NNc1nc(-c2cccc(NS(=O)(=O)c3cccc(NS(C)(=O)=O)c3)c2)ns1. The van der Waals surface area contributed by atoms with Gasteiger partial charge in [0, 0.05) is 34.5 Å². The van der Waals surface area contributed by atoms with E-state index in [1.165, 1.54) is 24.3 Å². The number of nitrogens with one attached hydrogen (secondary N) is 5. The van der Waals surface area contributed by atoms with Crippen LogP contribution in [-0.2, 0) is 20.0 Å². The summed E-state index contributed by atoms with van der Waals surface area (Å²) in [7, 11) is -7.56. The predicted octanol–water partition coefficient (Wildman–Crippen LogP) is 2.41. The first-order valence-electron chi connectivity index (χ1n) is 9.79. The van der Waals surface area contributed by atoms with Crippen LogP contribution in [0.4, 0.5) is 21.3 Å². The van der Waals surface area contributed by atoms with E-state index in [1.54, 1.807) is 24.3 Å². The lowest BCUT2D eigenvalue weighted by molar-refractivity contribution is 0.240. The monoisotopic (exact) mass is 525 g/mol. The number of nitrogens with zero attached hydrogens (tertiary/aromatic N) is 2. The van der Waals surface area contributed by atoms with Gasteiger partial charge in [-0.1, -0.05) is 18.2 Å². The Balaban J connectivity index is 1.73. The Kier molecular flexibility index (Phi) is 7.58. The van der Waals surface area contributed by atoms with Crippen molar-refractivity contribution in [2.75, 3.05) is 21.1 Å². The largest absolute Gasteiger partial charge is 0.335 e. The molecular formula is C19H23N7O5S3. The highest BCUT2D eigenvalue weighted by Crippen LogP contribution is 2.25. The first-order valence-corrected chi connectivity index (χ1v) is 13.9. The van der Waals surface area contributed by atoms with Crippen LogP contribution in [0, 0.1) is 0 Å². The molecule has 0 fully saturated rings. The van der Waals surface area contributed by atoms with E-state index in [1.807, 2.05) is 13.8 Å². The summed E-state index contributed by atoms with van der Waals surface area (Å²) in [4.78, 5) is 15.8. The van der Waals surface area contributed by atoms with Crippen molar-refractivity contribution in [1.29, 1.82) is 0 Å². The summed E-state index contributed by atoms with van der Waals surface area (Å²) in [5.41, 5.74) is 6.04. The average Bonchev–Trinajstić information content (AvgIpc) is 3.20. The number of urea groups is 1. The number of amides is 2. The summed E-state index contributed by atoms with van der Waals surface area (Å²) in [6.07, 6.45) is 0.974. The highest BCUT2D eigenvalue weighted by molar-refractivity contribution is 7.93. The van der Waals surface area contributed by atoms with Gasteiger partial charge in [-0.15, -0.1) is 0 Å². The maximum atomic E-state index is 12.8. The molecule has 0 atom stereocenters. The molecule has 2 aromatic carbocycles. The zero-order valence-electron chi connectivity index (χ0n) is 18.4. The van der Waals surface area contributed by atoms with Gasteiger partial charge in [0.15, 0.2) is 5.82 Å². The minimum Gasteiger partial charge on any atom is -0.335 e. The maximum Gasteiger partial charge on any atom is 0.333 e. The van der Waals surface area contributed by atoms with E-state index >= 15 is 0 Å². The van der Waals surface area contributed by atoms with Crippen LogP contribution in [0.15, 0.2) is 53.4 Å². The van der Waals surface area contributed by atoms with E-state index < -0.39 is 26.1 Å². The molecule has 182 valence electrons. The molecule has 1 heterocycles. The predicted molar refractivity (Wildman–Crippen MR) is 131 cm³/mol. The standard InChI is InChI=1S/C19H23N7O5S3/c1-12(2)20-18(27)22-23-19-21-17(24-32-19)13-6-4-7-14(10-13)26-34(30,31)16-9-5-8-15(11-16)25-33(3,28)29/h4-12,25-26H,1-3H3,(H2,20,22,27)(H,21,23,24). The third-order valence-electron chi connectivity index (χ3n) is 3.95. The van der Waals surface area contributed by atoms with E-state index in [0.29, 0.717) is 16.5 Å². The maximum absolute atomic E-state index is 12.8. The van der Waals surface area contributed by atoms with Crippen molar-refractivity contribution >= 4 is 54.1 Å². The van der Waals surface area contributed by atoms with Crippen molar-refractivity contribution in [3.63, 3.8) is 0 Å². The third kappa shape index (κ3) is 7.29. The van der Waals surface area contributed by atoms with Gasteiger partial charge < -0.3 is 5.32 Å². The van der Waals surface area contributed by atoms with Gasteiger partial charge >= 0.3 is 6.03 Å². The van der Waals surface area contributed by atoms with E-state index in [-0.39, 0.29) is 22.3 Å². The molecule has 0 aliphatic carbocycles. The minimum absolute atomic E-state index is 0.0308. The molecule has 2 amide bonds. The molecule has 1 aromatic heterocycles. The van der Waals surface area contributed by atoms with Crippen molar-refractivity contribution < 1.29 is 21.6 Å². The Morgan fingerprint density at radius 1 is 0.971 bits per heavy atom. The lowest BCUT2D eigenvalue weighted by Crippen LogP contribution is -2.42. The summed E-state index contributed by atoms with van der Waals surface area (Å²) in [5, 5.41) is 3.00. The van der Waals surface area contributed by atoms with E-state index in [4.69, 9.17) is 0 Å². The van der Waals surface area contributed by atoms with Crippen molar-refractivity contribution in [3.05, 3.63) is 48.5 Å². The zero-order valence-corrected chi connectivity index (χ0v) is 20.8. The number of aromatic nitrogens is 2. The second kappa shape index (κ2) is 10.2. The van der Waals surface area contributed by atoms with Crippen LogP contribution in [0.1, 0.15) is 13.8 Å². The Morgan fingerprint density at radius 3 is 2.32 bits per heavy atom. The molecular weight excluding hydrogens is 502 g/mol. The molecule has 15 heteroatoms. The summed E-state index contributed by atoms with van der Waals surface area (Å²) in [6.45, 7) is 3.65. The van der Waals surface area contributed by atoms with Crippen molar-refractivity contribution in [2.45, 2.75) is 24.8 Å². The number of anilines is 3. The van der Waals surface area contributed by atoms with Crippen molar-refractivity contribution in [2.24, 2.45) is 0 Å². The highest BCUT2D eigenvalue weighted by Gasteiger charge is 2.17. The topological polar surface area (TPSA) is 171 Å². The van der Waals surface area contributed by atoms with Crippen LogP contribution in [0.2, 0.25) is 0 Å². The smallest absolute Gasteiger partial charge is 0.333 e. The molecule has 3 aromatic rings. The lowest BCUT2D eigenvalue weighted by atomic mass is 10.2. The fourth-order valence-corrected chi connectivity index (χ4v) is 4.87. The Bertz CT molecular complexity index is 1390. The van der Waals surface area contributed by atoms with Gasteiger partial charge in [-0.05, 0) is 44.2 Å². The van der Waals surface area contributed by atoms with Gasteiger partial charge in [0.1, 0.15) is 0 Å². The number of sulfonamides is 2. The Hall–Kier alpha value is -3.43. The lowest BCUT2D eigenvalue weighted by Gasteiger charge is -2.11. The molecule has 34 heavy (non-hydrogen) atoms. The molecule has 0 spiro atoms. The normalized spacial score (nSPS) is 11.6. The van der Waals surface area contributed by atoms with Crippen molar-refractivity contribution in [1.82, 2.24) is 20.1 Å². The van der Waals surface area contributed by atoms with Gasteiger partial charge in [-0.25, -0.2) is 27.1 Å². The van der Waals surface area contributed by atoms with E-state index in [9.17, 15) is 21.6 Å². The number of rotatable bonds is 9. The molecule has 12 nitrogen and oxygen atoms in total. The highest BCUT2D eigenvalue weighted by atomic mass is 32.2. The third-order valence-corrected chi connectivity index (χ3v) is 6.57. The number of hydrazine groups is 1. The number of hydrogen-bond donors (Lipinski definition) is 5. The summed E-state index contributed by atoms with van der Waals surface area (Å²) in [5.74, 6) is 0.332.